The van der Waals surface area contributed by atoms with Crippen molar-refractivity contribution in [3.05, 3.63) is 18.4 Å². The van der Waals surface area contributed by atoms with Crippen LogP contribution in [0.25, 0.3) is 0 Å². The fourth-order valence-corrected chi connectivity index (χ4v) is 1.11. The van der Waals surface area contributed by atoms with Crippen LogP contribution in [0.3, 0.4) is 0 Å². The second-order valence-corrected chi connectivity index (χ2v) is 2.74. The van der Waals surface area contributed by atoms with Gasteiger partial charge in [-0.3, -0.25) is 9.59 Å². The third kappa shape index (κ3) is 3.58. The predicted molar refractivity (Wildman–Crippen MR) is 51.8 cm³/mol. The van der Waals surface area contributed by atoms with Crippen LogP contribution in [0.15, 0.2) is 18.4 Å². The van der Waals surface area contributed by atoms with E-state index in [2.05, 4.69) is 21.8 Å². The molecule has 0 fully saturated rings. The van der Waals surface area contributed by atoms with E-state index in [9.17, 15) is 9.59 Å². The molecule has 0 aliphatic heterocycles. The van der Waals surface area contributed by atoms with Gasteiger partial charge >= 0.3 is 11.9 Å². The summed E-state index contributed by atoms with van der Waals surface area (Å²) in [6, 6.07) is 0. The van der Waals surface area contributed by atoms with E-state index in [4.69, 9.17) is 5.11 Å². The number of carbonyl (C=O) groups excluding carboxylic acids is 2. The van der Waals surface area contributed by atoms with Crippen molar-refractivity contribution in [1.82, 2.24) is 0 Å². The number of methoxy groups -OCH3 is 2. The molecule has 0 aromatic rings. The molecule has 15 heavy (non-hydrogen) atoms. The number of hydrogen-bond acceptors (Lipinski definition) is 5. The zero-order valence-electron chi connectivity index (χ0n) is 8.73. The van der Waals surface area contributed by atoms with Gasteiger partial charge in [0.25, 0.3) is 0 Å². The zero-order valence-corrected chi connectivity index (χ0v) is 8.73. The monoisotopic (exact) mass is 214 g/mol. The lowest BCUT2D eigenvalue weighted by atomic mass is 9.93. The lowest BCUT2D eigenvalue weighted by Gasteiger charge is -2.17. The molecular formula is C10H14O5. The molecule has 0 heterocycles. The maximum Gasteiger partial charge on any atom is 0.320 e. The topological polar surface area (TPSA) is 72.8 Å². The molecule has 0 aromatic carbocycles. The summed E-state index contributed by atoms with van der Waals surface area (Å²) >= 11 is 0. The highest BCUT2D eigenvalue weighted by molar-refractivity contribution is 5.95. The maximum atomic E-state index is 11.3. The number of carbonyl (C=O) groups is 2. The molecule has 1 N–H and O–H groups in total. The molecule has 0 rings (SSSR count). The molecule has 0 bridgehead atoms. The minimum Gasteiger partial charge on any atom is -0.468 e. The summed E-state index contributed by atoms with van der Waals surface area (Å²) in [4.78, 5) is 22.6. The number of aliphatic hydroxyl groups excluding tert-OH is 1. The molecule has 0 unspecified atom stereocenters. The third-order valence-electron chi connectivity index (χ3n) is 1.88. The van der Waals surface area contributed by atoms with Crippen LogP contribution in [-0.4, -0.2) is 37.9 Å². The lowest BCUT2D eigenvalue weighted by molar-refractivity contribution is -0.161. The lowest BCUT2D eigenvalue weighted by Crippen LogP contribution is -2.34. The van der Waals surface area contributed by atoms with Gasteiger partial charge in [0.2, 0.25) is 0 Å². The molecular weight excluding hydrogens is 200 g/mol. The summed E-state index contributed by atoms with van der Waals surface area (Å²) in [6.07, 6.45) is 1.33. The normalized spacial score (nSPS) is 11.5. The fraction of sp³-hybridized carbons (Fsp3) is 0.500. The molecule has 5 heteroatoms. The average Bonchev–Trinajstić information content (AvgIpc) is 2.27. The van der Waals surface area contributed by atoms with E-state index in [1.54, 1.807) is 0 Å². The number of rotatable bonds is 5. The molecule has 5 nitrogen and oxygen atoms in total. The first-order valence-corrected chi connectivity index (χ1v) is 4.24. The molecule has 0 aliphatic rings. The smallest absolute Gasteiger partial charge is 0.320 e. The quantitative estimate of drug-likeness (QED) is 0.393. The molecule has 1 atom stereocenters. The van der Waals surface area contributed by atoms with Crippen molar-refractivity contribution >= 4 is 11.9 Å². The summed E-state index contributed by atoms with van der Waals surface area (Å²) in [7, 11) is 2.31. The van der Waals surface area contributed by atoms with Crippen LogP contribution in [-0.2, 0) is 19.1 Å². The molecule has 84 valence electrons. The molecule has 0 aromatic heterocycles. The first-order valence-electron chi connectivity index (χ1n) is 4.24. The van der Waals surface area contributed by atoms with E-state index >= 15 is 0 Å². The summed E-state index contributed by atoms with van der Waals surface area (Å²) < 4.78 is 8.89. The van der Waals surface area contributed by atoms with E-state index in [0.29, 0.717) is 0 Å². The van der Waals surface area contributed by atoms with Crippen molar-refractivity contribution in [3.8, 4) is 0 Å². The van der Waals surface area contributed by atoms with Crippen LogP contribution in [0.5, 0.6) is 0 Å². The zero-order chi connectivity index (χ0) is 11.8. The number of ether oxygens (including phenoxy) is 2. The van der Waals surface area contributed by atoms with Gasteiger partial charge in [0.1, 0.15) is 0 Å². The van der Waals surface area contributed by atoms with E-state index in [-0.39, 0.29) is 0 Å². The minimum absolute atomic E-state index is 0.391. The predicted octanol–water partition coefficient (Wildman–Crippen LogP) is -0.102. The van der Waals surface area contributed by atoms with Gasteiger partial charge in [-0.1, -0.05) is 6.58 Å². The summed E-state index contributed by atoms with van der Waals surface area (Å²) in [5.74, 6) is -3.43. The van der Waals surface area contributed by atoms with E-state index in [1.165, 1.54) is 6.08 Å². The highest BCUT2D eigenvalue weighted by Crippen LogP contribution is 2.16. The van der Waals surface area contributed by atoms with E-state index < -0.39 is 30.4 Å². The van der Waals surface area contributed by atoms with Crippen molar-refractivity contribution in [1.29, 1.82) is 0 Å². The molecule has 0 radical (unpaired) electrons. The van der Waals surface area contributed by atoms with E-state index in [1.807, 2.05) is 0 Å². The van der Waals surface area contributed by atoms with Crippen molar-refractivity contribution in [3.63, 3.8) is 0 Å². The summed E-state index contributed by atoms with van der Waals surface area (Å²) in [6.45, 7) is 2.91. The van der Waals surface area contributed by atoms with Gasteiger partial charge < -0.3 is 14.6 Å². The number of esters is 2. The van der Waals surface area contributed by atoms with Gasteiger partial charge in [-0.05, 0) is 6.08 Å². The van der Waals surface area contributed by atoms with Gasteiger partial charge in [-0.15, -0.1) is 5.73 Å². The van der Waals surface area contributed by atoms with Crippen LogP contribution in [0.2, 0.25) is 0 Å². The number of hydrogen-bond donors (Lipinski definition) is 1. The SMILES string of the molecule is C=C=C[C@H](CO)C(C(=O)OC)C(=O)OC. The van der Waals surface area contributed by atoms with Crippen molar-refractivity contribution in [2.24, 2.45) is 11.8 Å². The Hall–Kier alpha value is -1.58. The van der Waals surface area contributed by atoms with Gasteiger partial charge in [0.05, 0.1) is 20.8 Å². The Labute approximate surface area is 88.0 Å². The van der Waals surface area contributed by atoms with Gasteiger partial charge in [-0.25, -0.2) is 0 Å². The molecule has 0 aliphatic carbocycles. The minimum atomic E-state index is -1.18. The fourth-order valence-electron chi connectivity index (χ4n) is 1.11. The second-order valence-electron chi connectivity index (χ2n) is 2.74. The van der Waals surface area contributed by atoms with Gasteiger partial charge in [0, 0.05) is 5.92 Å². The highest BCUT2D eigenvalue weighted by atomic mass is 16.5. The second kappa shape index (κ2) is 6.81. The van der Waals surface area contributed by atoms with Crippen LogP contribution in [0, 0.1) is 11.8 Å². The van der Waals surface area contributed by atoms with Crippen LogP contribution in [0.1, 0.15) is 0 Å². The summed E-state index contributed by atoms with van der Waals surface area (Å²) in [5, 5.41) is 9.00. The Morgan fingerprint density at radius 1 is 1.40 bits per heavy atom. The Morgan fingerprint density at radius 3 is 2.13 bits per heavy atom. The van der Waals surface area contributed by atoms with Gasteiger partial charge in [0.15, 0.2) is 5.92 Å². The first-order chi connectivity index (χ1) is 7.12. The Balaban J connectivity index is 4.97. The van der Waals surface area contributed by atoms with Crippen molar-refractivity contribution < 1.29 is 24.2 Å². The van der Waals surface area contributed by atoms with Crippen LogP contribution < -0.4 is 0 Å². The first kappa shape index (κ1) is 13.4. The van der Waals surface area contributed by atoms with E-state index in [0.717, 1.165) is 14.2 Å². The highest BCUT2D eigenvalue weighted by Gasteiger charge is 2.35. The Bertz CT molecular complexity index is 262. The standard InChI is InChI=1S/C10H14O5/c1-4-5-7(6-11)8(9(12)14-2)10(13)15-3/h5,7-8,11H,1,6H2,2-3H3/t7-/m1/s1. The van der Waals surface area contributed by atoms with Crippen molar-refractivity contribution in [2.45, 2.75) is 0 Å². The number of aliphatic hydroxyl groups is 1. The molecule has 0 saturated heterocycles. The summed E-state index contributed by atoms with van der Waals surface area (Å²) in [5.41, 5.74) is 2.41. The van der Waals surface area contributed by atoms with Crippen LogP contribution in [0.4, 0.5) is 0 Å². The molecule has 0 amide bonds. The third-order valence-corrected chi connectivity index (χ3v) is 1.88. The Morgan fingerprint density at radius 2 is 1.87 bits per heavy atom. The van der Waals surface area contributed by atoms with Crippen LogP contribution >= 0.6 is 0 Å². The largest absolute Gasteiger partial charge is 0.468 e. The molecule has 0 spiro atoms. The van der Waals surface area contributed by atoms with Crippen molar-refractivity contribution in [2.75, 3.05) is 20.8 Å². The average molecular weight is 214 g/mol. The maximum absolute atomic E-state index is 11.3. The Kier molecular flexibility index (Phi) is 6.09. The molecule has 0 saturated carbocycles. The van der Waals surface area contributed by atoms with Gasteiger partial charge in [-0.2, -0.15) is 0 Å².